The quantitative estimate of drug-likeness (QED) is 0.928. The Morgan fingerprint density at radius 1 is 1.27 bits per heavy atom. The van der Waals surface area contributed by atoms with Gasteiger partial charge in [0.2, 0.25) is 5.91 Å². The SMILES string of the molecule is CC(C)CC(=O)N1CCN(CC2CCNC2)c2ccccc21. The van der Waals surface area contributed by atoms with Gasteiger partial charge in [0.1, 0.15) is 0 Å². The molecule has 120 valence electrons. The Labute approximate surface area is 133 Å². The van der Waals surface area contributed by atoms with E-state index >= 15 is 0 Å². The summed E-state index contributed by atoms with van der Waals surface area (Å²) in [6.45, 7) is 9.31. The molecule has 2 aliphatic heterocycles. The summed E-state index contributed by atoms with van der Waals surface area (Å²) in [5, 5.41) is 3.44. The number of carbonyl (C=O) groups excluding carboxylic acids is 1. The Balaban J connectivity index is 1.78. The Hall–Kier alpha value is -1.55. The summed E-state index contributed by atoms with van der Waals surface area (Å²) < 4.78 is 0. The lowest BCUT2D eigenvalue weighted by Gasteiger charge is -2.39. The van der Waals surface area contributed by atoms with Crippen molar-refractivity contribution >= 4 is 17.3 Å². The smallest absolute Gasteiger partial charge is 0.227 e. The van der Waals surface area contributed by atoms with Crippen LogP contribution < -0.4 is 15.1 Å². The van der Waals surface area contributed by atoms with Gasteiger partial charge < -0.3 is 15.1 Å². The maximum Gasteiger partial charge on any atom is 0.227 e. The lowest BCUT2D eigenvalue weighted by Crippen LogP contribution is -2.46. The first-order chi connectivity index (χ1) is 10.6. The first-order valence-corrected chi connectivity index (χ1v) is 8.50. The lowest BCUT2D eigenvalue weighted by molar-refractivity contribution is -0.119. The van der Waals surface area contributed by atoms with Crippen molar-refractivity contribution in [3.05, 3.63) is 24.3 Å². The second-order valence-electron chi connectivity index (χ2n) is 6.94. The maximum absolute atomic E-state index is 12.5. The average molecular weight is 301 g/mol. The van der Waals surface area contributed by atoms with E-state index in [1.807, 2.05) is 11.0 Å². The van der Waals surface area contributed by atoms with E-state index in [2.05, 4.69) is 42.3 Å². The number of amides is 1. The zero-order chi connectivity index (χ0) is 15.5. The number of carbonyl (C=O) groups is 1. The van der Waals surface area contributed by atoms with Gasteiger partial charge in [-0.05, 0) is 43.5 Å². The molecule has 1 aromatic carbocycles. The highest BCUT2D eigenvalue weighted by Crippen LogP contribution is 2.34. The van der Waals surface area contributed by atoms with Crippen LogP contribution in [0.4, 0.5) is 11.4 Å². The summed E-state index contributed by atoms with van der Waals surface area (Å²) in [5.74, 6) is 1.39. The van der Waals surface area contributed by atoms with Gasteiger partial charge in [-0.25, -0.2) is 0 Å². The zero-order valence-electron chi connectivity index (χ0n) is 13.7. The van der Waals surface area contributed by atoms with Crippen LogP contribution in [0, 0.1) is 11.8 Å². The van der Waals surface area contributed by atoms with Gasteiger partial charge in [0.15, 0.2) is 0 Å². The monoisotopic (exact) mass is 301 g/mol. The molecule has 1 saturated heterocycles. The zero-order valence-corrected chi connectivity index (χ0v) is 13.7. The Bertz CT molecular complexity index is 523. The minimum Gasteiger partial charge on any atom is -0.368 e. The number of anilines is 2. The molecule has 1 fully saturated rings. The molecule has 2 aliphatic rings. The largest absolute Gasteiger partial charge is 0.368 e. The highest BCUT2D eigenvalue weighted by Gasteiger charge is 2.28. The minimum atomic E-state index is 0.254. The first kappa shape index (κ1) is 15.3. The molecule has 1 unspecified atom stereocenters. The molecule has 1 atom stereocenters. The van der Waals surface area contributed by atoms with E-state index in [0.29, 0.717) is 12.3 Å². The molecular formula is C18H27N3O. The van der Waals surface area contributed by atoms with E-state index in [0.717, 1.165) is 44.3 Å². The summed E-state index contributed by atoms with van der Waals surface area (Å²) >= 11 is 0. The van der Waals surface area contributed by atoms with E-state index < -0.39 is 0 Å². The fraction of sp³-hybridized carbons (Fsp3) is 0.611. The van der Waals surface area contributed by atoms with Gasteiger partial charge in [-0.2, -0.15) is 0 Å². The topological polar surface area (TPSA) is 35.6 Å². The molecule has 1 amide bonds. The van der Waals surface area contributed by atoms with E-state index in [4.69, 9.17) is 0 Å². The third-order valence-corrected chi connectivity index (χ3v) is 4.63. The van der Waals surface area contributed by atoms with Crippen molar-refractivity contribution in [2.24, 2.45) is 11.8 Å². The normalized spacial score (nSPS) is 21.3. The molecule has 3 rings (SSSR count). The van der Waals surface area contributed by atoms with Gasteiger partial charge in [0.25, 0.3) is 0 Å². The van der Waals surface area contributed by atoms with Crippen LogP contribution in [0.5, 0.6) is 0 Å². The molecule has 22 heavy (non-hydrogen) atoms. The summed E-state index contributed by atoms with van der Waals surface area (Å²) in [5.41, 5.74) is 2.31. The molecule has 2 heterocycles. The van der Waals surface area contributed by atoms with Crippen LogP contribution in [0.3, 0.4) is 0 Å². The second-order valence-corrected chi connectivity index (χ2v) is 6.94. The third kappa shape index (κ3) is 3.27. The van der Waals surface area contributed by atoms with E-state index in [-0.39, 0.29) is 5.91 Å². The third-order valence-electron chi connectivity index (χ3n) is 4.63. The Kier molecular flexibility index (Phi) is 4.67. The van der Waals surface area contributed by atoms with Crippen LogP contribution in [0.15, 0.2) is 24.3 Å². The van der Waals surface area contributed by atoms with Crippen LogP contribution in [-0.2, 0) is 4.79 Å². The average Bonchev–Trinajstić information content (AvgIpc) is 3.00. The molecular weight excluding hydrogens is 274 g/mol. The van der Waals surface area contributed by atoms with Crippen LogP contribution in [0.1, 0.15) is 26.7 Å². The molecule has 0 aromatic heterocycles. The molecule has 0 radical (unpaired) electrons. The fourth-order valence-electron chi connectivity index (χ4n) is 3.51. The van der Waals surface area contributed by atoms with E-state index in [1.54, 1.807) is 0 Å². The van der Waals surface area contributed by atoms with Gasteiger partial charge in [-0.1, -0.05) is 26.0 Å². The molecule has 0 spiro atoms. The number of hydrogen-bond acceptors (Lipinski definition) is 3. The summed E-state index contributed by atoms with van der Waals surface area (Å²) in [6, 6.07) is 8.36. The highest BCUT2D eigenvalue weighted by atomic mass is 16.2. The van der Waals surface area contributed by atoms with Gasteiger partial charge in [-0.15, -0.1) is 0 Å². The maximum atomic E-state index is 12.5. The number of nitrogens with one attached hydrogen (secondary N) is 1. The molecule has 0 saturated carbocycles. The molecule has 0 bridgehead atoms. The number of nitrogens with zero attached hydrogens (tertiary/aromatic N) is 2. The second kappa shape index (κ2) is 6.69. The van der Waals surface area contributed by atoms with Crippen molar-refractivity contribution < 1.29 is 4.79 Å². The van der Waals surface area contributed by atoms with Gasteiger partial charge in [0, 0.05) is 26.1 Å². The standard InChI is InChI=1S/C18H27N3O/c1-14(2)11-18(22)21-10-9-20(13-15-7-8-19-12-15)16-5-3-4-6-17(16)21/h3-6,14-15,19H,7-13H2,1-2H3. The molecule has 0 aliphatic carbocycles. The van der Waals surface area contributed by atoms with Crippen LogP contribution in [0.25, 0.3) is 0 Å². The Morgan fingerprint density at radius 3 is 2.73 bits per heavy atom. The lowest BCUT2D eigenvalue weighted by atomic mass is 10.0. The van der Waals surface area contributed by atoms with Crippen molar-refractivity contribution in [3.8, 4) is 0 Å². The minimum absolute atomic E-state index is 0.254. The van der Waals surface area contributed by atoms with Crippen molar-refractivity contribution in [3.63, 3.8) is 0 Å². The molecule has 4 heteroatoms. The number of para-hydroxylation sites is 2. The highest BCUT2D eigenvalue weighted by molar-refractivity contribution is 5.97. The number of fused-ring (bicyclic) bond motifs is 1. The van der Waals surface area contributed by atoms with E-state index in [9.17, 15) is 4.79 Å². The van der Waals surface area contributed by atoms with Crippen molar-refractivity contribution in [1.82, 2.24) is 5.32 Å². The molecule has 4 nitrogen and oxygen atoms in total. The molecule has 1 aromatic rings. The van der Waals surface area contributed by atoms with Crippen LogP contribution in [-0.4, -0.2) is 38.6 Å². The number of benzene rings is 1. The van der Waals surface area contributed by atoms with Crippen LogP contribution in [0.2, 0.25) is 0 Å². The van der Waals surface area contributed by atoms with Gasteiger partial charge >= 0.3 is 0 Å². The summed E-state index contributed by atoms with van der Waals surface area (Å²) in [7, 11) is 0. The summed E-state index contributed by atoms with van der Waals surface area (Å²) in [4.78, 5) is 17.0. The predicted molar refractivity (Wildman–Crippen MR) is 91.4 cm³/mol. The van der Waals surface area contributed by atoms with Crippen molar-refractivity contribution in [2.75, 3.05) is 42.5 Å². The Morgan fingerprint density at radius 2 is 2.05 bits per heavy atom. The predicted octanol–water partition coefficient (Wildman–Crippen LogP) is 2.50. The van der Waals surface area contributed by atoms with Crippen molar-refractivity contribution in [1.29, 1.82) is 0 Å². The number of rotatable bonds is 4. The number of hydrogen-bond donors (Lipinski definition) is 1. The van der Waals surface area contributed by atoms with Crippen molar-refractivity contribution in [2.45, 2.75) is 26.7 Å². The van der Waals surface area contributed by atoms with Gasteiger partial charge in [-0.3, -0.25) is 4.79 Å². The van der Waals surface area contributed by atoms with Crippen LogP contribution >= 0.6 is 0 Å². The summed E-state index contributed by atoms with van der Waals surface area (Å²) in [6.07, 6.45) is 1.88. The first-order valence-electron chi connectivity index (χ1n) is 8.50. The van der Waals surface area contributed by atoms with Gasteiger partial charge in [0.05, 0.1) is 11.4 Å². The molecule has 1 N–H and O–H groups in total. The van der Waals surface area contributed by atoms with E-state index in [1.165, 1.54) is 12.1 Å². The fourth-order valence-corrected chi connectivity index (χ4v) is 3.51.